The van der Waals surface area contributed by atoms with Crippen molar-refractivity contribution in [3.8, 4) is 17.2 Å². The first kappa shape index (κ1) is 35.8. The third-order valence-electron chi connectivity index (χ3n) is 7.34. The summed E-state index contributed by atoms with van der Waals surface area (Å²) in [6.07, 6.45) is -9.44. The molecule has 1 saturated heterocycles. The highest BCUT2D eigenvalue weighted by molar-refractivity contribution is 7.23. The minimum atomic E-state index is -5.08. The van der Waals surface area contributed by atoms with E-state index in [0.717, 1.165) is 17.8 Å². The summed E-state index contributed by atoms with van der Waals surface area (Å²) >= 11 is 0.967. The van der Waals surface area contributed by atoms with E-state index < -0.39 is 35.9 Å². The number of amides is 1. The van der Waals surface area contributed by atoms with Gasteiger partial charge < -0.3 is 26.2 Å². The van der Waals surface area contributed by atoms with Crippen LogP contribution in [0.3, 0.4) is 0 Å². The maximum atomic E-state index is 15.9. The molecule has 20 heteroatoms. The number of nitrogens with one attached hydrogen (secondary N) is 1. The summed E-state index contributed by atoms with van der Waals surface area (Å²) in [5, 5.41) is 32.9. The number of carbonyl (C=O) groups is 3. The normalized spacial score (nSPS) is 16.1. The quantitative estimate of drug-likeness (QED) is 0.198. The van der Waals surface area contributed by atoms with E-state index in [2.05, 4.69) is 10.4 Å². The van der Waals surface area contributed by atoms with Gasteiger partial charge in [-0.05, 0) is 31.0 Å². The molecule has 0 spiro atoms. The number of aromatic nitrogens is 2. The van der Waals surface area contributed by atoms with E-state index in [4.69, 9.17) is 25.5 Å². The van der Waals surface area contributed by atoms with E-state index >= 15 is 4.39 Å². The molecule has 4 heterocycles. The zero-order valence-electron chi connectivity index (χ0n) is 24.3. The topological polar surface area (TPSA) is 175 Å². The molecule has 2 aromatic carbocycles. The fourth-order valence-electron chi connectivity index (χ4n) is 5.35. The van der Waals surface area contributed by atoms with E-state index in [1.54, 1.807) is 11.6 Å². The van der Waals surface area contributed by atoms with E-state index in [1.165, 1.54) is 18.2 Å². The maximum absolute atomic E-state index is 15.9. The highest BCUT2D eigenvalue weighted by Crippen LogP contribution is 2.45. The van der Waals surface area contributed by atoms with Gasteiger partial charge in [-0.1, -0.05) is 6.07 Å². The second-order valence-corrected chi connectivity index (χ2v) is 11.4. The first-order valence-corrected chi connectivity index (χ1v) is 14.3. The average molecular weight is 707 g/mol. The predicted molar refractivity (Wildman–Crippen MR) is 154 cm³/mol. The number of carboxylic acids is 2. The van der Waals surface area contributed by atoms with Gasteiger partial charge in [0.25, 0.3) is 5.91 Å². The second-order valence-electron chi connectivity index (χ2n) is 10.3. The van der Waals surface area contributed by atoms with Crippen LogP contribution in [0.25, 0.3) is 32.1 Å². The summed E-state index contributed by atoms with van der Waals surface area (Å²) in [6.45, 7) is 4.28. The standard InChI is InChI=1S/C24H20F2N6OS.2C2HF3O2/c1-11-18-20(13-2-3-16(25)22-19(13)15(9-27)23(28)34-22)17(26)8-14-21(18)32(30-11)6-4-12-10-29-5-7-31(12)24(14)33;2*3-2(4,5)1(6)7/h2-3,8,12,29H,4-7,10,28H2,1H3;2*(H,6,7). The monoisotopic (exact) mass is 706 g/mol. The number of alkyl halides is 6. The van der Waals surface area contributed by atoms with Crippen LogP contribution >= 0.6 is 11.3 Å². The number of aliphatic carboxylic acids is 2. The van der Waals surface area contributed by atoms with Crippen LogP contribution in [0.5, 0.6) is 0 Å². The van der Waals surface area contributed by atoms with Crippen molar-refractivity contribution >= 4 is 55.2 Å². The molecule has 5 N–H and O–H groups in total. The molecule has 2 aliphatic heterocycles. The lowest BCUT2D eigenvalue weighted by atomic mass is 9.92. The summed E-state index contributed by atoms with van der Waals surface area (Å²) < 4.78 is 96.0. The van der Waals surface area contributed by atoms with Gasteiger partial charge in [0.1, 0.15) is 22.7 Å². The molecule has 2 aromatic heterocycles. The molecule has 1 unspecified atom stereocenters. The Bertz CT molecular complexity index is 1960. The summed E-state index contributed by atoms with van der Waals surface area (Å²) in [4.78, 5) is 33.2. The van der Waals surface area contributed by atoms with Crippen LogP contribution in [-0.2, 0) is 16.1 Å². The lowest BCUT2D eigenvalue weighted by Crippen LogP contribution is -2.54. The molecular formula is C28H22F8N6O5S. The van der Waals surface area contributed by atoms with Crippen molar-refractivity contribution in [3.63, 3.8) is 0 Å². The highest BCUT2D eigenvalue weighted by Gasteiger charge is 2.39. The fourth-order valence-corrected chi connectivity index (χ4v) is 6.30. The lowest BCUT2D eigenvalue weighted by Gasteiger charge is -2.37. The molecule has 1 fully saturated rings. The predicted octanol–water partition coefficient (Wildman–Crippen LogP) is 5.04. The van der Waals surface area contributed by atoms with Gasteiger partial charge in [-0.2, -0.15) is 36.7 Å². The zero-order valence-corrected chi connectivity index (χ0v) is 25.1. The zero-order chi connectivity index (χ0) is 35.9. The van der Waals surface area contributed by atoms with Gasteiger partial charge in [0.2, 0.25) is 0 Å². The van der Waals surface area contributed by atoms with Crippen LogP contribution in [0.1, 0.15) is 28.0 Å². The smallest absolute Gasteiger partial charge is 0.475 e. The van der Waals surface area contributed by atoms with Crippen LogP contribution in [0.4, 0.5) is 40.1 Å². The molecule has 0 aliphatic carbocycles. The SMILES string of the molecule is Cc1nn2c3c(cc(F)c(-c4ccc(F)c5sc(N)c(C#N)c45)c13)C(=O)N1CCNCC1CC2.O=C(O)C(F)(F)F.O=C(O)C(F)(F)F. The number of hydrogen-bond acceptors (Lipinski definition) is 8. The Balaban J connectivity index is 0.000000314. The first-order chi connectivity index (χ1) is 22.3. The third-order valence-corrected chi connectivity index (χ3v) is 8.37. The lowest BCUT2D eigenvalue weighted by molar-refractivity contribution is -0.193. The van der Waals surface area contributed by atoms with Gasteiger partial charge in [-0.15, -0.1) is 11.3 Å². The van der Waals surface area contributed by atoms with Gasteiger partial charge in [-0.25, -0.2) is 18.4 Å². The Hall–Kier alpha value is -5.03. The van der Waals surface area contributed by atoms with E-state index in [-0.39, 0.29) is 43.7 Å². The second kappa shape index (κ2) is 13.2. The maximum Gasteiger partial charge on any atom is 0.490 e. The van der Waals surface area contributed by atoms with Crippen LogP contribution < -0.4 is 11.1 Å². The van der Waals surface area contributed by atoms with Gasteiger partial charge in [0.15, 0.2) is 0 Å². The molecule has 1 atom stereocenters. The molecule has 0 bridgehead atoms. The molecular weight excluding hydrogens is 684 g/mol. The molecule has 4 aromatic rings. The van der Waals surface area contributed by atoms with E-state index in [0.29, 0.717) is 48.3 Å². The molecule has 0 radical (unpaired) electrons. The van der Waals surface area contributed by atoms with Crippen LogP contribution in [0, 0.1) is 29.9 Å². The number of carbonyl (C=O) groups excluding carboxylic acids is 1. The van der Waals surface area contributed by atoms with Crippen LogP contribution in [0.15, 0.2) is 18.2 Å². The number of nitrogens with zero attached hydrogens (tertiary/aromatic N) is 4. The summed E-state index contributed by atoms with van der Waals surface area (Å²) in [5.41, 5.74) is 8.09. The average Bonchev–Trinajstić information content (AvgIpc) is 3.51. The van der Waals surface area contributed by atoms with Gasteiger partial charge >= 0.3 is 24.3 Å². The number of piperazine rings is 1. The van der Waals surface area contributed by atoms with Crippen molar-refractivity contribution < 1.29 is 59.7 Å². The third kappa shape index (κ3) is 6.82. The van der Waals surface area contributed by atoms with Gasteiger partial charge in [0.05, 0.1) is 27.0 Å². The molecule has 1 amide bonds. The Kier molecular flexibility index (Phi) is 9.87. The Morgan fingerprint density at radius 2 is 1.65 bits per heavy atom. The Morgan fingerprint density at radius 3 is 2.21 bits per heavy atom. The first-order valence-electron chi connectivity index (χ1n) is 13.5. The highest BCUT2D eigenvalue weighted by atomic mass is 32.1. The minimum Gasteiger partial charge on any atom is -0.475 e. The number of aryl methyl sites for hydroxylation is 2. The molecule has 6 rings (SSSR count). The van der Waals surface area contributed by atoms with E-state index in [1.807, 2.05) is 11.0 Å². The number of rotatable bonds is 1. The van der Waals surface area contributed by atoms with Crippen molar-refractivity contribution in [1.29, 1.82) is 5.26 Å². The van der Waals surface area contributed by atoms with Crippen molar-refractivity contribution in [3.05, 3.63) is 46.7 Å². The van der Waals surface area contributed by atoms with Gasteiger partial charge in [0, 0.05) is 48.6 Å². The Morgan fingerprint density at radius 1 is 1.04 bits per heavy atom. The number of benzene rings is 2. The number of carboxylic acid groups (broad SMARTS) is 2. The number of fused-ring (bicyclic) bond motifs is 2. The Labute approximate surface area is 267 Å². The summed E-state index contributed by atoms with van der Waals surface area (Å²) in [6, 6.07) is 6.05. The van der Waals surface area contributed by atoms with Crippen LogP contribution in [-0.4, -0.2) is 80.8 Å². The van der Waals surface area contributed by atoms with Crippen molar-refractivity contribution in [2.45, 2.75) is 38.3 Å². The van der Waals surface area contributed by atoms with E-state index in [9.17, 15) is 40.8 Å². The van der Waals surface area contributed by atoms with Crippen molar-refractivity contribution in [2.75, 3.05) is 25.4 Å². The number of nitrogen functional groups attached to an aromatic ring is 1. The van der Waals surface area contributed by atoms with Crippen LogP contribution in [0.2, 0.25) is 0 Å². The summed E-state index contributed by atoms with van der Waals surface area (Å²) in [7, 11) is 0. The molecule has 0 saturated carbocycles. The number of nitriles is 1. The van der Waals surface area contributed by atoms with Crippen molar-refractivity contribution in [2.24, 2.45) is 0 Å². The number of hydrogen-bond donors (Lipinski definition) is 4. The van der Waals surface area contributed by atoms with Gasteiger partial charge in [-0.3, -0.25) is 9.48 Å². The molecule has 2 aliphatic rings. The number of thiophene rings is 1. The number of halogens is 8. The molecule has 11 nitrogen and oxygen atoms in total. The number of anilines is 1. The summed E-state index contributed by atoms with van der Waals surface area (Å²) in [5.74, 6) is -6.87. The largest absolute Gasteiger partial charge is 0.490 e. The molecule has 48 heavy (non-hydrogen) atoms. The fraction of sp³-hybridized carbons (Fsp3) is 0.321. The minimum absolute atomic E-state index is 0.0142. The molecule has 256 valence electrons. The van der Waals surface area contributed by atoms with Crippen molar-refractivity contribution in [1.82, 2.24) is 20.0 Å². The number of nitrogens with two attached hydrogens (primary N) is 1.